The molecular formula is C16H13ClF2N2. The molecule has 1 heterocycles. The first kappa shape index (κ1) is 14.0. The third-order valence-corrected chi connectivity index (χ3v) is 3.59. The zero-order chi connectivity index (χ0) is 15.1. The maximum atomic E-state index is 13.5. The number of fused-ring (bicyclic) bond motifs is 1. The van der Waals surface area contributed by atoms with Gasteiger partial charge in [-0.05, 0) is 49.7 Å². The quantitative estimate of drug-likeness (QED) is 0.615. The predicted octanol–water partition coefficient (Wildman–Crippen LogP) is 4.91. The average molecular weight is 307 g/mol. The van der Waals surface area contributed by atoms with Gasteiger partial charge in [-0.25, -0.2) is 13.8 Å². The summed E-state index contributed by atoms with van der Waals surface area (Å²) in [7, 11) is 0. The van der Waals surface area contributed by atoms with Crippen LogP contribution >= 0.6 is 11.6 Å². The first-order chi connectivity index (χ1) is 9.97. The summed E-state index contributed by atoms with van der Waals surface area (Å²) in [4.78, 5) is 4.40. The van der Waals surface area contributed by atoms with Crippen LogP contribution in [0.15, 0.2) is 36.4 Å². The molecule has 5 heteroatoms. The summed E-state index contributed by atoms with van der Waals surface area (Å²) in [5, 5.41) is -0.356. The molecule has 0 aliphatic carbocycles. The van der Waals surface area contributed by atoms with E-state index in [9.17, 15) is 8.78 Å². The minimum absolute atomic E-state index is 0.269. The summed E-state index contributed by atoms with van der Waals surface area (Å²) in [6, 6.07) is 9.19. The van der Waals surface area contributed by atoms with Crippen LogP contribution in [-0.2, 0) is 0 Å². The molecule has 108 valence electrons. The second-order valence-electron chi connectivity index (χ2n) is 4.99. The number of imidazole rings is 1. The molecule has 0 aliphatic rings. The van der Waals surface area contributed by atoms with Crippen molar-refractivity contribution in [3.8, 4) is 5.69 Å². The molecule has 3 rings (SSSR count). The fourth-order valence-electron chi connectivity index (χ4n) is 2.38. The molecule has 0 N–H and O–H groups in total. The Hall–Kier alpha value is -1.94. The zero-order valence-electron chi connectivity index (χ0n) is 11.6. The van der Waals surface area contributed by atoms with E-state index >= 15 is 0 Å². The van der Waals surface area contributed by atoms with Crippen LogP contribution < -0.4 is 0 Å². The third kappa shape index (κ3) is 2.40. The summed E-state index contributed by atoms with van der Waals surface area (Å²) in [6.07, 6.45) is 0. The van der Waals surface area contributed by atoms with Crippen molar-refractivity contribution in [3.63, 3.8) is 0 Å². The van der Waals surface area contributed by atoms with Crippen LogP contribution in [0.25, 0.3) is 16.7 Å². The summed E-state index contributed by atoms with van der Waals surface area (Å²) in [6.45, 7) is 3.49. The van der Waals surface area contributed by atoms with E-state index < -0.39 is 0 Å². The minimum Gasteiger partial charge on any atom is -0.295 e. The number of halogens is 3. The van der Waals surface area contributed by atoms with Gasteiger partial charge in [0.05, 0.1) is 16.4 Å². The van der Waals surface area contributed by atoms with Crippen molar-refractivity contribution in [3.05, 3.63) is 59.4 Å². The van der Waals surface area contributed by atoms with E-state index in [0.29, 0.717) is 16.9 Å². The molecule has 21 heavy (non-hydrogen) atoms. The van der Waals surface area contributed by atoms with Crippen LogP contribution in [-0.4, -0.2) is 9.55 Å². The summed E-state index contributed by atoms with van der Waals surface area (Å²) in [5.41, 5.74) is 2.56. The number of rotatable bonds is 2. The molecule has 2 nitrogen and oxygen atoms in total. The second kappa shape index (κ2) is 5.11. The molecule has 0 saturated carbocycles. The zero-order valence-corrected chi connectivity index (χ0v) is 12.3. The van der Waals surface area contributed by atoms with Gasteiger partial charge in [0.15, 0.2) is 0 Å². The van der Waals surface area contributed by atoms with Crippen LogP contribution in [0.2, 0.25) is 0 Å². The standard InChI is InChI=1S/C16H13ClF2N2/c1-9-7-12(4-5-13(9)19)21-15-6-3-11(18)8-14(15)20-16(21)10(2)17/h3-8,10H,1-2H3. The lowest BCUT2D eigenvalue weighted by Crippen LogP contribution is -2.02. The van der Waals surface area contributed by atoms with Crippen molar-refractivity contribution in [1.82, 2.24) is 9.55 Å². The Morgan fingerprint density at radius 1 is 1.14 bits per heavy atom. The van der Waals surface area contributed by atoms with E-state index in [0.717, 1.165) is 11.2 Å². The van der Waals surface area contributed by atoms with Gasteiger partial charge in [0.25, 0.3) is 0 Å². The van der Waals surface area contributed by atoms with Crippen molar-refractivity contribution in [2.45, 2.75) is 19.2 Å². The molecule has 1 unspecified atom stereocenters. The van der Waals surface area contributed by atoms with Gasteiger partial charge in [-0.15, -0.1) is 11.6 Å². The largest absolute Gasteiger partial charge is 0.295 e. The van der Waals surface area contributed by atoms with E-state index in [1.807, 2.05) is 4.57 Å². The molecule has 1 atom stereocenters. The van der Waals surface area contributed by atoms with Gasteiger partial charge in [-0.2, -0.15) is 0 Å². The highest BCUT2D eigenvalue weighted by atomic mass is 35.5. The minimum atomic E-state index is -0.356. The Bertz CT molecular complexity index is 825. The fraction of sp³-hybridized carbons (Fsp3) is 0.188. The van der Waals surface area contributed by atoms with Crippen molar-refractivity contribution >= 4 is 22.6 Å². The highest BCUT2D eigenvalue weighted by Crippen LogP contribution is 2.29. The summed E-state index contributed by atoms with van der Waals surface area (Å²) in [5.74, 6) is -0.0193. The van der Waals surface area contributed by atoms with Gasteiger partial charge in [0.2, 0.25) is 0 Å². The molecule has 0 amide bonds. The second-order valence-corrected chi connectivity index (χ2v) is 5.64. The molecule has 1 aromatic heterocycles. The maximum absolute atomic E-state index is 13.5. The normalized spacial score (nSPS) is 12.8. The molecule has 2 aromatic carbocycles. The Kier molecular flexibility index (Phi) is 3.41. The van der Waals surface area contributed by atoms with E-state index in [1.54, 1.807) is 32.0 Å². The fourth-order valence-corrected chi connectivity index (χ4v) is 2.52. The van der Waals surface area contributed by atoms with E-state index in [4.69, 9.17) is 11.6 Å². The smallest absolute Gasteiger partial charge is 0.132 e. The Labute approximate surface area is 126 Å². The average Bonchev–Trinajstić information content (AvgIpc) is 2.80. The highest BCUT2D eigenvalue weighted by Gasteiger charge is 2.17. The number of aryl methyl sites for hydroxylation is 1. The summed E-state index contributed by atoms with van der Waals surface area (Å²) < 4.78 is 28.7. The molecule has 0 radical (unpaired) electrons. The van der Waals surface area contributed by atoms with E-state index in [1.165, 1.54) is 18.2 Å². The van der Waals surface area contributed by atoms with Gasteiger partial charge >= 0.3 is 0 Å². The number of benzene rings is 2. The number of aromatic nitrogens is 2. The van der Waals surface area contributed by atoms with Crippen LogP contribution in [0.1, 0.15) is 23.7 Å². The van der Waals surface area contributed by atoms with Crippen LogP contribution in [0.3, 0.4) is 0 Å². The lowest BCUT2D eigenvalue weighted by molar-refractivity contribution is 0.618. The number of hydrogen-bond donors (Lipinski definition) is 0. The van der Waals surface area contributed by atoms with E-state index in [2.05, 4.69) is 4.98 Å². The predicted molar refractivity (Wildman–Crippen MR) is 80.0 cm³/mol. The number of alkyl halides is 1. The molecule has 3 aromatic rings. The number of nitrogens with zero attached hydrogens (tertiary/aromatic N) is 2. The van der Waals surface area contributed by atoms with Crippen LogP contribution in [0.5, 0.6) is 0 Å². The van der Waals surface area contributed by atoms with Gasteiger partial charge in [0, 0.05) is 11.8 Å². The maximum Gasteiger partial charge on any atom is 0.132 e. The van der Waals surface area contributed by atoms with Crippen molar-refractivity contribution in [2.24, 2.45) is 0 Å². The first-order valence-electron chi connectivity index (χ1n) is 6.56. The van der Waals surface area contributed by atoms with Gasteiger partial charge < -0.3 is 0 Å². The lowest BCUT2D eigenvalue weighted by atomic mass is 10.2. The molecule has 0 spiro atoms. The van der Waals surface area contributed by atoms with Crippen molar-refractivity contribution in [2.75, 3.05) is 0 Å². The topological polar surface area (TPSA) is 17.8 Å². The van der Waals surface area contributed by atoms with Crippen LogP contribution in [0, 0.1) is 18.6 Å². The van der Waals surface area contributed by atoms with Gasteiger partial charge in [0.1, 0.15) is 17.5 Å². The third-order valence-electron chi connectivity index (χ3n) is 3.40. The Morgan fingerprint density at radius 3 is 2.57 bits per heavy atom. The molecule has 0 aliphatic heterocycles. The number of hydrogen-bond acceptors (Lipinski definition) is 1. The first-order valence-corrected chi connectivity index (χ1v) is 6.99. The lowest BCUT2D eigenvalue weighted by Gasteiger charge is -2.11. The highest BCUT2D eigenvalue weighted by molar-refractivity contribution is 6.20. The molecular weight excluding hydrogens is 294 g/mol. The molecule has 0 bridgehead atoms. The van der Waals surface area contributed by atoms with Crippen molar-refractivity contribution in [1.29, 1.82) is 0 Å². The van der Waals surface area contributed by atoms with E-state index in [-0.39, 0.29) is 17.0 Å². The van der Waals surface area contributed by atoms with Gasteiger partial charge in [-0.1, -0.05) is 0 Å². The van der Waals surface area contributed by atoms with Gasteiger partial charge in [-0.3, -0.25) is 4.57 Å². The van der Waals surface area contributed by atoms with Crippen molar-refractivity contribution < 1.29 is 8.78 Å². The molecule has 0 fully saturated rings. The Morgan fingerprint density at radius 2 is 1.90 bits per heavy atom. The Balaban J connectivity index is 2.33. The monoisotopic (exact) mass is 306 g/mol. The van der Waals surface area contributed by atoms with Crippen LogP contribution in [0.4, 0.5) is 8.78 Å². The molecule has 0 saturated heterocycles. The summed E-state index contributed by atoms with van der Waals surface area (Å²) >= 11 is 6.19. The SMILES string of the molecule is Cc1cc(-n2c(C(C)Cl)nc3cc(F)ccc32)ccc1F.